The number of nitrogens with zero attached hydrogens (tertiary/aromatic N) is 1. The Morgan fingerprint density at radius 2 is 1.61 bits per heavy atom. The summed E-state index contributed by atoms with van der Waals surface area (Å²) in [6, 6.07) is 24.9. The molecule has 0 saturated carbocycles. The predicted molar refractivity (Wildman–Crippen MR) is 107 cm³/mol. The summed E-state index contributed by atoms with van der Waals surface area (Å²) < 4.78 is 18.8. The zero-order valence-electron chi connectivity index (χ0n) is 15.3. The monoisotopic (exact) mass is 371 g/mol. The molecule has 138 valence electrons. The maximum Gasteiger partial charge on any atom is 0.339 e. The van der Waals surface area contributed by atoms with Gasteiger partial charge in [0.05, 0.1) is 16.8 Å². The van der Waals surface area contributed by atoms with E-state index in [1.54, 1.807) is 25.1 Å². The van der Waals surface area contributed by atoms with Crippen LogP contribution >= 0.6 is 0 Å². The van der Waals surface area contributed by atoms with Gasteiger partial charge in [-0.1, -0.05) is 60.7 Å². The largest absolute Gasteiger partial charge is 0.454 e. The molecule has 0 unspecified atom stereocenters. The fourth-order valence-corrected chi connectivity index (χ4v) is 3.13. The highest BCUT2D eigenvalue weighted by molar-refractivity contribution is 6.04. The second kappa shape index (κ2) is 7.61. The van der Waals surface area contributed by atoms with E-state index in [2.05, 4.69) is 4.98 Å². The van der Waals surface area contributed by atoms with Crippen LogP contribution in [0.3, 0.4) is 0 Å². The molecule has 4 aromatic rings. The van der Waals surface area contributed by atoms with Crippen molar-refractivity contribution in [1.82, 2.24) is 4.98 Å². The van der Waals surface area contributed by atoms with Crippen molar-refractivity contribution in [3.63, 3.8) is 0 Å². The molecule has 1 atom stereocenters. The van der Waals surface area contributed by atoms with Crippen molar-refractivity contribution in [2.45, 2.75) is 13.0 Å². The Bertz CT molecular complexity index is 1120. The third-order valence-electron chi connectivity index (χ3n) is 4.63. The molecular formula is C24H18FNO2. The Balaban J connectivity index is 1.72. The van der Waals surface area contributed by atoms with Gasteiger partial charge in [0.15, 0.2) is 0 Å². The maximum absolute atomic E-state index is 13.1. The highest BCUT2D eigenvalue weighted by Crippen LogP contribution is 2.27. The summed E-state index contributed by atoms with van der Waals surface area (Å²) in [6.45, 7) is 1.77. The number of fused-ring (bicyclic) bond motifs is 1. The summed E-state index contributed by atoms with van der Waals surface area (Å²) in [5, 5.41) is 0.735. The smallest absolute Gasteiger partial charge is 0.339 e. The van der Waals surface area contributed by atoms with Gasteiger partial charge in [-0.15, -0.1) is 0 Å². The van der Waals surface area contributed by atoms with Crippen LogP contribution < -0.4 is 0 Å². The second-order valence-corrected chi connectivity index (χ2v) is 6.54. The van der Waals surface area contributed by atoms with Crippen LogP contribution in [-0.2, 0) is 4.74 Å². The molecule has 3 nitrogen and oxygen atoms in total. The summed E-state index contributed by atoms with van der Waals surface area (Å²) in [7, 11) is 0. The van der Waals surface area contributed by atoms with Crippen molar-refractivity contribution in [3.05, 3.63) is 102 Å². The van der Waals surface area contributed by atoms with E-state index in [0.717, 1.165) is 22.0 Å². The molecule has 0 spiro atoms. The summed E-state index contributed by atoms with van der Waals surface area (Å²) in [6.07, 6.45) is -0.500. The minimum absolute atomic E-state index is 0.324. The molecule has 0 aliphatic rings. The van der Waals surface area contributed by atoms with Gasteiger partial charge >= 0.3 is 5.97 Å². The second-order valence-electron chi connectivity index (χ2n) is 6.54. The third kappa shape index (κ3) is 3.62. The number of carbonyl (C=O) groups excluding carboxylic acids is 1. The first-order chi connectivity index (χ1) is 13.6. The lowest BCUT2D eigenvalue weighted by molar-refractivity contribution is 0.0340. The molecule has 4 rings (SSSR count). The normalized spacial score (nSPS) is 11.9. The van der Waals surface area contributed by atoms with E-state index < -0.39 is 12.1 Å². The highest BCUT2D eigenvalue weighted by Gasteiger charge is 2.18. The van der Waals surface area contributed by atoms with Crippen molar-refractivity contribution in [2.75, 3.05) is 0 Å². The number of para-hydroxylation sites is 1. The Hall–Kier alpha value is -3.53. The van der Waals surface area contributed by atoms with Gasteiger partial charge in [0.25, 0.3) is 0 Å². The van der Waals surface area contributed by atoms with E-state index in [4.69, 9.17) is 4.74 Å². The highest BCUT2D eigenvalue weighted by atomic mass is 19.1. The Morgan fingerprint density at radius 1 is 0.929 bits per heavy atom. The number of halogens is 1. The van der Waals surface area contributed by atoms with Crippen molar-refractivity contribution < 1.29 is 13.9 Å². The van der Waals surface area contributed by atoms with E-state index in [-0.39, 0.29) is 5.82 Å². The molecular weight excluding hydrogens is 353 g/mol. The van der Waals surface area contributed by atoms with Gasteiger partial charge in [0, 0.05) is 10.9 Å². The molecule has 0 amide bonds. The van der Waals surface area contributed by atoms with Crippen LogP contribution in [0.25, 0.3) is 22.2 Å². The first-order valence-electron chi connectivity index (χ1n) is 9.03. The van der Waals surface area contributed by atoms with Crippen LogP contribution in [0, 0.1) is 5.82 Å². The average Bonchev–Trinajstić information content (AvgIpc) is 2.74. The maximum atomic E-state index is 13.1. The lowest BCUT2D eigenvalue weighted by Crippen LogP contribution is -2.10. The van der Waals surface area contributed by atoms with Gasteiger partial charge in [0.2, 0.25) is 0 Å². The van der Waals surface area contributed by atoms with Crippen LogP contribution in [0.1, 0.15) is 28.9 Å². The van der Waals surface area contributed by atoms with Gasteiger partial charge < -0.3 is 4.74 Å². The molecule has 1 heterocycles. The Labute approximate surface area is 162 Å². The summed E-state index contributed by atoms with van der Waals surface area (Å²) in [4.78, 5) is 17.7. The number of hydrogen-bond donors (Lipinski definition) is 0. The summed E-state index contributed by atoms with van der Waals surface area (Å²) in [5.41, 5.74) is 3.55. The zero-order valence-corrected chi connectivity index (χ0v) is 15.3. The first kappa shape index (κ1) is 17.9. The molecule has 0 aliphatic heterocycles. The van der Waals surface area contributed by atoms with Crippen molar-refractivity contribution >= 4 is 16.9 Å². The standard InChI is InChI=1S/C24H18FNO2/c1-16(17-11-13-19(25)14-12-17)28-24(27)21-15-23(18-7-3-2-4-8-18)26-22-10-6-5-9-20(21)22/h2-16H,1H3/t16-/m1/s1. The minimum Gasteiger partial charge on any atom is -0.454 e. The van der Waals surface area contributed by atoms with Gasteiger partial charge in [-0.2, -0.15) is 0 Å². The number of esters is 1. The van der Waals surface area contributed by atoms with Crippen LogP contribution in [0.5, 0.6) is 0 Å². The van der Waals surface area contributed by atoms with Gasteiger partial charge in [-0.25, -0.2) is 14.2 Å². The number of aromatic nitrogens is 1. The van der Waals surface area contributed by atoms with Crippen molar-refractivity contribution in [2.24, 2.45) is 0 Å². The minimum atomic E-state index is -0.500. The van der Waals surface area contributed by atoms with Crippen molar-refractivity contribution in [3.8, 4) is 11.3 Å². The number of rotatable bonds is 4. The molecule has 3 aromatic carbocycles. The van der Waals surface area contributed by atoms with E-state index >= 15 is 0 Å². The molecule has 0 saturated heterocycles. The number of carbonyl (C=O) groups is 1. The quantitative estimate of drug-likeness (QED) is 0.416. The molecule has 0 radical (unpaired) electrons. The molecule has 28 heavy (non-hydrogen) atoms. The fourth-order valence-electron chi connectivity index (χ4n) is 3.13. The van der Waals surface area contributed by atoms with Gasteiger partial charge in [0.1, 0.15) is 11.9 Å². The van der Waals surface area contributed by atoms with Crippen molar-refractivity contribution in [1.29, 1.82) is 0 Å². The molecule has 1 aromatic heterocycles. The van der Waals surface area contributed by atoms with E-state index in [1.165, 1.54) is 12.1 Å². The average molecular weight is 371 g/mol. The van der Waals surface area contributed by atoms with Crippen LogP contribution in [0.2, 0.25) is 0 Å². The van der Waals surface area contributed by atoms with Gasteiger partial charge in [-0.05, 0) is 36.8 Å². The predicted octanol–water partition coefficient (Wildman–Crippen LogP) is 5.96. The summed E-state index contributed by atoms with van der Waals surface area (Å²) in [5.74, 6) is -0.762. The van der Waals surface area contributed by atoms with E-state index in [9.17, 15) is 9.18 Å². The van der Waals surface area contributed by atoms with E-state index in [0.29, 0.717) is 11.3 Å². The Morgan fingerprint density at radius 3 is 2.36 bits per heavy atom. The fraction of sp³-hybridized carbons (Fsp3) is 0.0833. The lowest BCUT2D eigenvalue weighted by Gasteiger charge is -2.15. The molecule has 0 bridgehead atoms. The van der Waals surface area contributed by atoms with Crippen LogP contribution in [0.4, 0.5) is 4.39 Å². The zero-order chi connectivity index (χ0) is 19.5. The summed E-state index contributed by atoms with van der Waals surface area (Å²) >= 11 is 0. The lowest BCUT2D eigenvalue weighted by atomic mass is 10.0. The first-order valence-corrected chi connectivity index (χ1v) is 9.03. The molecule has 0 N–H and O–H groups in total. The Kier molecular flexibility index (Phi) is 4.85. The molecule has 0 aliphatic carbocycles. The number of benzene rings is 3. The van der Waals surface area contributed by atoms with Crippen LogP contribution in [-0.4, -0.2) is 11.0 Å². The number of ether oxygens (including phenoxy) is 1. The topological polar surface area (TPSA) is 39.2 Å². The molecule has 0 fully saturated rings. The number of hydrogen-bond acceptors (Lipinski definition) is 3. The SMILES string of the molecule is C[C@@H](OC(=O)c1cc(-c2ccccc2)nc2ccccc12)c1ccc(F)cc1. The number of pyridine rings is 1. The van der Waals surface area contributed by atoms with Crippen LogP contribution in [0.15, 0.2) is 84.9 Å². The van der Waals surface area contributed by atoms with Gasteiger partial charge in [-0.3, -0.25) is 0 Å². The third-order valence-corrected chi connectivity index (χ3v) is 4.63. The van der Waals surface area contributed by atoms with E-state index in [1.807, 2.05) is 54.6 Å². The molecule has 4 heteroatoms.